The number of alkyl halides is 3. The molecule has 1 aromatic carbocycles. The number of nitrogens with two attached hydrogens (primary N) is 1. The minimum absolute atomic E-state index is 0.0624. The smallest absolute Gasteiger partial charge is 0.326 e. The van der Waals surface area contributed by atoms with Crippen LogP contribution in [-0.2, 0) is 0 Å². The van der Waals surface area contributed by atoms with Gasteiger partial charge in [0.1, 0.15) is 5.25 Å². The monoisotopic (exact) mass is 317 g/mol. The molecular weight excluding hydrogens is 303 g/mol. The van der Waals surface area contributed by atoms with Crippen molar-refractivity contribution >= 4 is 11.8 Å². The first-order chi connectivity index (χ1) is 9.93. The Labute approximate surface area is 123 Å². The van der Waals surface area contributed by atoms with Crippen molar-refractivity contribution in [2.75, 3.05) is 0 Å². The van der Waals surface area contributed by atoms with Gasteiger partial charge in [-0.15, -0.1) is 5.10 Å². The zero-order valence-corrected chi connectivity index (χ0v) is 12.0. The first kappa shape index (κ1) is 15.8. The number of hydrogen-bond acceptors (Lipinski definition) is 5. The van der Waals surface area contributed by atoms with E-state index in [4.69, 9.17) is 5.73 Å². The van der Waals surface area contributed by atoms with Gasteiger partial charge in [0.15, 0.2) is 0 Å². The summed E-state index contributed by atoms with van der Waals surface area (Å²) in [5.41, 5.74) is 6.18. The van der Waals surface area contributed by atoms with Crippen LogP contribution in [0, 0.1) is 0 Å². The lowest BCUT2D eigenvalue weighted by atomic mass is 10.1. The number of para-hydroxylation sites is 1. The van der Waals surface area contributed by atoms with E-state index in [1.54, 1.807) is 37.3 Å². The summed E-state index contributed by atoms with van der Waals surface area (Å²) >= 11 is 0.533. The zero-order valence-electron chi connectivity index (χ0n) is 11.2. The first-order valence-corrected chi connectivity index (χ1v) is 7.14. The van der Waals surface area contributed by atoms with Crippen LogP contribution < -0.4 is 5.73 Å². The molecule has 9 heteroatoms. The van der Waals surface area contributed by atoms with E-state index in [0.717, 1.165) is 0 Å². The molecule has 2 aromatic rings. The Morgan fingerprint density at radius 1 is 1.29 bits per heavy atom. The van der Waals surface area contributed by atoms with Gasteiger partial charge >= 0.3 is 6.18 Å². The van der Waals surface area contributed by atoms with Crippen LogP contribution in [0.2, 0.25) is 0 Å². The summed E-state index contributed by atoms with van der Waals surface area (Å²) in [7, 11) is 0. The van der Waals surface area contributed by atoms with E-state index in [9.17, 15) is 13.2 Å². The molecule has 0 saturated carbocycles. The predicted molar refractivity (Wildman–Crippen MR) is 73.1 cm³/mol. The maximum Gasteiger partial charge on any atom is 0.402 e. The van der Waals surface area contributed by atoms with E-state index in [0.29, 0.717) is 17.4 Å². The molecule has 0 bridgehead atoms. The Hall–Kier alpha value is -1.61. The van der Waals surface area contributed by atoms with Crippen LogP contribution in [0.4, 0.5) is 13.2 Å². The molecule has 1 heterocycles. The van der Waals surface area contributed by atoms with Crippen molar-refractivity contribution in [3.63, 3.8) is 0 Å². The van der Waals surface area contributed by atoms with E-state index in [1.807, 2.05) is 0 Å². The maximum atomic E-state index is 13.1. The number of hydrogen-bond donors (Lipinski definition) is 1. The van der Waals surface area contributed by atoms with Crippen LogP contribution in [0.3, 0.4) is 0 Å². The van der Waals surface area contributed by atoms with Crippen LogP contribution in [-0.4, -0.2) is 37.7 Å². The Kier molecular flexibility index (Phi) is 4.84. The average Bonchev–Trinajstić information content (AvgIpc) is 2.92. The second kappa shape index (κ2) is 6.44. The fourth-order valence-corrected chi connectivity index (χ4v) is 2.76. The van der Waals surface area contributed by atoms with Crippen molar-refractivity contribution in [3.8, 4) is 5.69 Å². The van der Waals surface area contributed by atoms with Crippen molar-refractivity contribution in [1.29, 1.82) is 0 Å². The lowest BCUT2D eigenvalue weighted by molar-refractivity contribution is -0.132. The molecule has 0 aliphatic carbocycles. The number of benzene rings is 1. The van der Waals surface area contributed by atoms with Gasteiger partial charge in [0.05, 0.1) is 5.69 Å². The largest absolute Gasteiger partial charge is 0.402 e. The molecule has 0 aliphatic heterocycles. The van der Waals surface area contributed by atoms with Crippen molar-refractivity contribution < 1.29 is 13.2 Å². The van der Waals surface area contributed by atoms with Gasteiger partial charge in [-0.05, 0) is 29.0 Å². The minimum atomic E-state index is -4.42. The lowest BCUT2D eigenvalue weighted by Crippen LogP contribution is -2.42. The molecule has 2 unspecified atom stereocenters. The number of rotatable bonds is 5. The van der Waals surface area contributed by atoms with Crippen molar-refractivity contribution in [2.45, 2.75) is 36.0 Å². The van der Waals surface area contributed by atoms with E-state index in [2.05, 4.69) is 15.5 Å². The highest BCUT2D eigenvalue weighted by molar-refractivity contribution is 7.99. The highest BCUT2D eigenvalue weighted by atomic mass is 32.2. The third-order valence-corrected chi connectivity index (χ3v) is 4.19. The molecule has 0 aliphatic rings. The summed E-state index contributed by atoms with van der Waals surface area (Å²) in [5.74, 6) is 0. The summed E-state index contributed by atoms with van der Waals surface area (Å²) in [6.07, 6.45) is -4.21. The Bertz CT molecular complexity index is 572. The topological polar surface area (TPSA) is 69.6 Å². The molecule has 0 spiro atoms. The van der Waals surface area contributed by atoms with E-state index >= 15 is 0 Å². The van der Waals surface area contributed by atoms with Gasteiger partial charge in [0.25, 0.3) is 0 Å². The molecule has 21 heavy (non-hydrogen) atoms. The van der Waals surface area contributed by atoms with Crippen LogP contribution in [0.1, 0.15) is 13.3 Å². The van der Waals surface area contributed by atoms with Crippen LogP contribution >= 0.6 is 11.8 Å². The van der Waals surface area contributed by atoms with Crippen LogP contribution in [0.15, 0.2) is 35.5 Å². The normalized spacial score (nSPS) is 14.9. The van der Waals surface area contributed by atoms with Crippen molar-refractivity contribution in [2.24, 2.45) is 5.73 Å². The van der Waals surface area contributed by atoms with Gasteiger partial charge in [-0.2, -0.15) is 17.9 Å². The van der Waals surface area contributed by atoms with Crippen molar-refractivity contribution in [3.05, 3.63) is 30.3 Å². The minimum Gasteiger partial charge on any atom is -0.326 e. The molecule has 0 fully saturated rings. The quantitative estimate of drug-likeness (QED) is 0.858. The van der Waals surface area contributed by atoms with Gasteiger partial charge in [0, 0.05) is 6.04 Å². The van der Waals surface area contributed by atoms with Gasteiger partial charge < -0.3 is 5.73 Å². The van der Waals surface area contributed by atoms with E-state index in [-0.39, 0.29) is 11.6 Å². The summed E-state index contributed by atoms with van der Waals surface area (Å²) in [6, 6.07) is 7.71. The Balaban J connectivity index is 2.29. The molecule has 2 atom stereocenters. The predicted octanol–water partition coefficient (Wildman–Crippen LogP) is 2.42. The fourth-order valence-electron chi connectivity index (χ4n) is 1.71. The maximum absolute atomic E-state index is 13.1. The molecule has 0 amide bonds. The molecule has 2 N–H and O–H groups in total. The van der Waals surface area contributed by atoms with Gasteiger partial charge in [-0.1, -0.05) is 36.9 Å². The number of thioether (sulfide) groups is 1. The summed E-state index contributed by atoms with van der Waals surface area (Å²) < 4.78 is 40.6. The molecule has 0 saturated heterocycles. The third-order valence-electron chi connectivity index (χ3n) is 2.86. The highest BCUT2D eigenvalue weighted by Crippen LogP contribution is 2.36. The highest BCUT2D eigenvalue weighted by Gasteiger charge is 2.44. The lowest BCUT2D eigenvalue weighted by Gasteiger charge is -2.24. The molecule has 0 radical (unpaired) electrons. The molecular formula is C12H14F3N5S. The Morgan fingerprint density at radius 2 is 1.95 bits per heavy atom. The third kappa shape index (κ3) is 3.73. The molecule has 1 aromatic heterocycles. The fraction of sp³-hybridized carbons (Fsp3) is 0.417. The molecule has 2 rings (SSSR count). The summed E-state index contributed by atoms with van der Waals surface area (Å²) in [6.45, 7) is 1.62. The summed E-state index contributed by atoms with van der Waals surface area (Å²) in [4.78, 5) is 0. The van der Waals surface area contributed by atoms with Crippen LogP contribution in [0.5, 0.6) is 0 Å². The number of halogens is 3. The van der Waals surface area contributed by atoms with Gasteiger partial charge in [-0.25, -0.2) is 0 Å². The van der Waals surface area contributed by atoms with Gasteiger partial charge in [-0.3, -0.25) is 0 Å². The molecule has 114 valence electrons. The number of aromatic nitrogens is 4. The first-order valence-electron chi connectivity index (χ1n) is 6.26. The Morgan fingerprint density at radius 3 is 2.52 bits per heavy atom. The zero-order chi connectivity index (χ0) is 15.5. The SMILES string of the molecule is CCC(N)C(Sc1nnnn1-c1ccccc1)C(F)(F)F. The molecule has 5 nitrogen and oxygen atoms in total. The van der Waals surface area contributed by atoms with Gasteiger partial charge in [0.2, 0.25) is 5.16 Å². The average molecular weight is 317 g/mol. The number of tetrazole rings is 1. The van der Waals surface area contributed by atoms with Crippen LogP contribution in [0.25, 0.3) is 5.69 Å². The van der Waals surface area contributed by atoms with E-state index < -0.39 is 17.5 Å². The summed E-state index contributed by atoms with van der Waals surface area (Å²) in [5, 5.41) is 9.17. The second-order valence-corrected chi connectivity index (χ2v) is 5.47. The number of nitrogens with zero attached hydrogens (tertiary/aromatic N) is 4. The van der Waals surface area contributed by atoms with E-state index in [1.165, 1.54) is 4.68 Å². The van der Waals surface area contributed by atoms with Crippen molar-refractivity contribution in [1.82, 2.24) is 20.2 Å². The second-order valence-electron chi connectivity index (χ2n) is 4.36. The standard InChI is InChI=1S/C12H14F3N5S/c1-2-9(16)10(12(13,14)15)21-11-17-18-19-20(11)8-6-4-3-5-7-8/h3-7,9-10H,2,16H2,1H3.